The zero-order valence-corrected chi connectivity index (χ0v) is 11.6. The number of rotatable bonds is 2. The first-order chi connectivity index (χ1) is 8.29. The molecule has 1 aromatic heterocycles. The number of aryl methyl sites for hydroxylation is 1. The Balaban J connectivity index is 2.73. The number of nitrogens with zero attached hydrogens (tertiary/aromatic N) is 1. The van der Waals surface area contributed by atoms with Crippen molar-refractivity contribution >= 4 is 22.5 Å². The summed E-state index contributed by atoms with van der Waals surface area (Å²) in [5.41, 5.74) is 7.04. The van der Waals surface area contributed by atoms with Gasteiger partial charge in [-0.25, -0.2) is 0 Å². The standard InChI is InChI=1S/C14H17ClN2O/c1-14(2,16)8-10-7-9-5-4-6-11(15)12(9)17(3)13(10)18/h4-7H,8,16H2,1-3H3. The molecule has 2 N–H and O–H groups in total. The number of pyridine rings is 1. The second-order valence-electron chi connectivity index (χ2n) is 5.38. The lowest BCUT2D eigenvalue weighted by molar-refractivity contribution is 0.513. The van der Waals surface area contributed by atoms with Crippen LogP contribution in [0.5, 0.6) is 0 Å². The minimum Gasteiger partial charge on any atom is -0.325 e. The van der Waals surface area contributed by atoms with Gasteiger partial charge in [-0.15, -0.1) is 0 Å². The first-order valence-corrected chi connectivity index (χ1v) is 6.23. The molecule has 0 aliphatic carbocycles. The first kappa shape index (κ1) is 13.1. The summed E-state index contributed by atoms with van der Waals surface area (Å²) in [6.07, 6.45) is 0.544. The van der Waals surface area contributed by atoms with Crippen LogP contribution in [0, 0.1) is 0 Å². The number of aromatic nitrogens is 1. The molecule has 0 amide bonds. The number of nitrogens with two attached hydrogens (primary N) is 1. The molecule has 0 saturated carbocycles. The van der Waals surface area contributed by atoms with Crippen LogP contribution in [0.4, 0.5) is 0 Å². The van der Waals surface area contributed by atoms with Gasteiger partial charge >= 0.3 is 0 Å². The third-order valence-electron chi connectivity index (χ3n) is 2.91. The quantitative estimate of drug-likeness (QED) is 0.906. The van der Waals surface area contributed by atoms with Crippen molar-refractivity contribution in [2.24, 2.45) is 12.8 Å². The van der Waals surface area contributed by atoms with Gasteiger partial charge in [0.2, 0.25) is 0 Å². The lowest BCUT2D eigenvalue weighted by atomic mass is 9.96. The van der Waals surface area contributed by atoms with Crippen LogP contribution in [-0.4, -0.2) is 10.1 Å². The highest BCUT2D eigenvalue weighted by atomic mass is 35.5. The van der Waals surface area contributed by atoms with E-state index in [-0.39, 0.29) is 5.56 Å². The van der Waals surface area contributed by atoms with Gasteiger partial charge in [-0.2, -0.15) is 0 Å². The Bertz CT molecular complexity index is 653. The van der Waals surface area contributed by atoms with Crippen molar-refractivity contribution in [2.45, 2.75) is 25.8 Å². The van der Waals surface area contributed by atoms with Crippen molar-refractivity contribution in [3.8, 4) is 0 Å². The van der Waals surface area contributed by atoms with Gasteiger partial charge in [-0.3, -0.25) is 4.79 Å². The van der Waals surface area contributed by atoms with Gasteiger partial charge in [0.1, 0.15) is 0 Å². The summed E-state index contributed by atoms with van der Waals surface area (Å²) < 4.78 is 1.60. The van der Waals surface area contributed by atoms with E-state index in [1.807, 2.05) is 32.0 Å². The average Bonchev–Trinajstić information content (AvgIpc) is 2.23. The molecule has 0 unspecified atom stereocenters. The number of halogens is 1. The summed E-state index contributed by atoms with van der Waals surface area (Å²) in [6.45, 7) is 3.82. The van der Waals surface area contributed by atoms with Gasteiger partial charge < -0.3 is 10.3 Å². The fourth-order valence-electron chi connectivity index (χ4n) is 2.19. The van der Waals surface area contributed by atoms with E-state index in [2.05, 4.69) is 0 Å². The van der Waals surface area contributed by atoms with Gasteiger partial charge in [0.15, 0.2) is 0 Å². The Morgan fingerprint density at radius 2 is 2.06 bits per heavy atom. The third kappa shape index (κ3) is 2.42. The molecule has 0 aliphatic rings. The molecule has 1 aromatic carbocycles. The SMILES string of the molecule is Cn1c(=O)c(CC(C)(C)N)cc2cccc(Cl)c21. The van der Waals surface area contributed by atoms with Crippen LogP contribution < -0.4 is 11.3 Å². The van der Waals surface area contributed by atoms with E-state index in [1.165, 1.54) is 0 Å². The Morgan fingerprint density at radius 3 is 2.67 bits per heavy atom. The summed E-state index contributed by atoms with van der Waals surface area (Å²) in [5.74, 6) is 0. The van der Waals surface area contributed by atoms with E-state index < -0.39 is 5.54 Å². The molecule has 0 bridgehead atoms. The van der Waals surface area contributed by atoms with Crippen molar-refractivity contribution in [2.75, 3.05) is 0 Å². The van der Waals surface area contributed by atoms with Crippen LogP contribution in [-0.2, 0) is 13.5 Å². The zero-order chi connectivity index (χ0) is 13.5. The smallest absolute Gasteiger partial charge is 0.254 e. The maximum absolute atomic E-state index is 12.3. The number of para-hydroxylation sites is 1. The zero-order valence-electron chi connectivity index (χ0n) is 10.8. The maximum atomic E-state index is 12.3. The molecule has 4 heteroatoms. The molecule has 3 nitrogen and oxygen atoms in total. The first-order valence-electron chi connectivity index (χ1n) is 5.85. The van der Waals surface area contributed by atoms with Crippen LogP contribution in [0.1, 0.15) is 19.4 Å². The molecule has 2 rings (SSSR count). The van der Waals surface area contributed by atoms with E-state index in [9.17, 15) is 4.79 Å². The molecule has 0 aliphatic heterocycles. The van der Waals surface area contributed by atoms with Crippen molar-refractivity contribution < 1.29 is 0 Å². The largest absolute Gasteiger partial charge is 0.325 e. The molecule has 2 aromatic rings. The highest BCUT2D eigenvalue weighted by Gasteiger charge is 2.16. The summed E-state index contributed by atoms with van der Waals surface area (Å²) in [6, 6.07) is 7.51. The number of benzene rings is 1. The van der Waals surface area contributed by atoms with Crippen LogP contribution in [0.2, 0.25) is 5.02 Å². The summed E-state index contributed by atoms with van der Waals surface area (Å²) in [4.78, 5) is 12.3. The molecule has 1 heterocycles. The Hall–Kier alpha value is -1.32. The Labute approximate surface area is 111 Å². The van der Waals surface area contributed by atoms with Crippen molar-refractivity contribution in [3.63, 3.8) is 0 Å². The minimum absolute atomic E-state index is 0.0332. The van der Waals surface area contributed by atoms with Gasteiger partial charge in [0, 0.05) is 23.5 Å². The van der Waals surface area contributed by atoms with Gasteiger partial charge in [-0.05, 0) is 32.4 Å². The number of hydrogen-bond acceptors (Lipinski definition) is 2. The molecule has 0 saturated heterocycles. The van der Waals surface area contributed by atoms with Gasteiger partial charge in [0.25, 0.3) is 5.56 Å². The molecule has 0 spiro atoms. The summed E-state index contributed by atoms with van der Waals surface area (Å²) >= 11 is 6.14. The van der Waals surface area contributed by atoms with Gasteiger partial charge in [-0.1, -0.05) is 23.7 Å². The lowest BCUT2D eigenvalue weighted by Crippen LogP contribution is -2.37. The summed E-state index contributed by atoms with van der Waals surface area (Å²) in [5, 5.41) is 1.55. The average molecular weight is 265 g/mol. The van der Waals surface area contributed by atoms with Gasteiger partial charge in [0.05, 0.1) is 10.5 Å². The Kier molecular flexibility index (Phi) is 3.21. The fraction of sp³-hybridized carbons (Fsp3) is 0.357. The molecular formula is C14H17ClN2O. The van der Waals surface area contributed by atoms with Crippen molar-refractivity contribution in [3.05, 3.63) is 45.2 Å². The monoisotopic (exact) mass is 264 g/mol. The highest BCUT2D eigenvalue weighted by molar-refractivity contribution is 6.35. The Morgan fingerprint density at radius 1 is 1.39 bits per heavy atom. The molecule has 0 radical (unpaired) electrons. The maximum Gasteiger partial charge on any atom is 0.254 e. The topological polar surface area (TPSA) is 48.0 Å². The number of hydrogen-bond donors (Lipinski definition) is 1. The van der Waals surface area contributed by atoms with Crippen molar-refractivity contribution in [1.82, 2.24) is 4.57 Å². The molecule has 0 atom stereocenters. The fourth-order valence-corrected chi connectivity index (χ4v) is 2.49. The molecular weight excluding hydrogens is 248 g/mol. The number of fused-ring (bicyclic) bond motifs is 1. The van der Waals surface area contributed by atoms with E-state index in [4.69, 9.17) is 17.3 Å². The predicted octanol–water partition coefficient (Wildman–Crippen LogP) is 2.47. The molecule has 96 valence electrons. The third-order valence-corrected chi connectivity index (χ3v) is 3.21. The molecule has 18 heavy (non-hydrogen) atoms. The highest BCUT2D eigenvalue weighted by Crippen LogP contribution is 2.22. The lowest BCUT2D eigenvalue weighted by Gasteiger charge is -2.19. The van der Waals surface area contributed by atoms with E-state index in [0.717, 1.165) is 16.5 Å². The summed E-state index contributed by atoms with van der Waals surface area (Å²) in [7, 11) is 1.74. The van der Waals surface area contributed by atoms with E-state index >= 15 is 0 Å². The van der Waals surface area contributed by atoms with Crippen LogP contribution in [0.15, 0.2) is 29.1 Å². The normalized spacial score (nSPS) is 12.1. The van der Waals surface area contributed by atoms with E-state index in [1.54, 1.807) is 17.7 Å². The predicted molar refractivity (Wildman–Crippen MR) is 76.2 cm³/mol. The molecule has 0 fully saturated rings. The van der Waals surface area contributed by atoms with E-state index in [0.29, 0.717) is 11.4 Å². The van der Waals surface area contributed by atoms with Crippen LogP contribution in [0.3, 0.4) is 0 Å². The second-order valence-corrected chi connectivity index (χ2v) is 5.78. The minimum atomic E-state index is -0.404. The second kappa shape index (κ2) is 4.41. The van der Waals surface area contributed by atoms with Crippen LogP contribution in [0.25, 0.3) is 10.9 Å². The van der Waals surface area contributed by atoms with Crippen molar-refractivity contribution in [1.29, 1.82) is 0 Å². The van der Waals surface area contributed by atoms with Crippen LogP contribution >= 0.6 is 11.6 Å².